The monoisotopic (exact) mass is 299 g/mol. The van der Waals surface area contributed by atoms with Crippen LogP contribution in [0.1, 0.15) is 25.2 Å². The molecule has 1 aromatic heterocycles. The highest BCUT2D eigenvalue weighted by atomic mass is 32.1. The Labute approximate surface area is 125 Å². The normalized spacial score (nSPS) is 18.6. The first-order valence-corrected chi connectivity index (χ1v) is 7.66. The van der Waals surface area contributed by atoms with Crippen LogP contribution < -0.4 is 0 Å². The summed E-state index contributed by atoms with van der Waals surface area (Å²) >= 11 is 5.38. The Kier molecular flexibility index (Phi) is 5.71. The molecule has 2 heterocycles. The van der Waals surface area contributed by atoms with Crippen LogP contribution in [0.4, 0.5) is 0 Å². The third-order valence-corrected chi connectivity index (χ3v) is 4.15. The van der Waals surface area contributed by atoms with Crippen LogP contribution in [0.2, 0.25) is 0 Å². The van der Waals surface area contributed by atoms with Gasteiger partial charge < -0.3 is 9.30 Å². The smallest absolute Gasteiger partial charge is 0.195 e. The minimum atomic E-state index is 0.299. The van der Waals surface area contributed by atoms with E-state index in [4.69, 9.17) is 17.0 Å². The van der Waals surface area contributed by atoms with E-state index in [2.05, 4.69) is 45.6 Å². The largest absolute Gasteiger partial charge is 0.379 e. The average molecular weight is 299 g/mol. The van der Waals surface area contributed by atoms with Gasteiger partial charge in [0.25, 0.3) is 0 Å². The molecule has 6 nitrogen and oxygen atoms in total. The van der Waals surface area contributed by atoms with E-state index in [1.54, 1.807) is 0 Å². The number of morpholine rings is 1. The lowest BCUT2D eigenvalue weighted by molar-refractivity contribution is 0.0361. The number of ether oxygens (including phenoxy) is 1. The van der Waals surface area contributed by atoms with Gasteiger partial charge in [-0.15, -0.1) is 0 Å². The molecule has 1 saturated heterocycles. The molecule has 1 aliphatic heterocycles. The van der Waals surface area contributed by atoms with Gasteiger partial charge in [0.15, 0.2) is 4.77 Å². The predicted octanol–water partition coefficient (Wildman–Crippen LogP) is 1.29. The average Bonchev–Trinajstić information content (AvgIpc) is 2.79. The fraction of sp³-hybridized carbons (Fsp3) is 0.846. The molecule has 1 N–H and O–H groups in total. The Balaban J connectivity index is 2.06. The first kappa shape index (κ1) is 15.6. The molecule has 0 aromatic carbocycles. The molecule has 1 aromatic rings. The van der Waals surface area contributed by atoms with E-state index in [9.17, 15) is 0 Å². The van der Waals surface area contributed by atoms with Crippen LogP contribution in [0.5, 0.6) is 0 Å². The van der Waals surface area contributed by atoms with Crippen molar-refractivity contribution in [1.29, 1.82) is 0 Å². The van der Waals surface area contributed by atoms with Gasteiger partial charge in [0, 0.05) is 26.2 Å². The lowest BCUT2D eigenvalue weighted by atomic mass is 10.2. The number of hydrogen-bond donors (Lipinski definition) is 1. The maximum absolute atomic E-state index is 5.38. The van der Waals surface area contributed by atoms with Gasteiger partial charge >= 0.3 is 0 Å². The molecular weight excluding hydrogens is 274 g/mol. The van der Waals surface area contributed by atoms with E-state index in [1.165, 1.54) is 0 Å². The molecule has 0 saturated carbocycles. The van der Waals surface area contributed by atoms with Crippen LogP contribution in [0.15, 0.2) is 0 Å². The first-order chi connectivity index (χ1) is 9.63. The third-order valence-electron chi connectivity index (χ3n) is 3.84. The van der Waals surface area contributed by atoms with Crippen LogP contribution in [0.25, 0.3) is 0 Å². The Hall–Kier alpha value is -0.760. The van der Waals surface area contributed by atoms with E-state index in [0.29, 0.717) is 10.8 Å². The van der Waals surface area contributed by atoms with E-state index in [0.717, 1.165) is 51.6 Å². The van der Waals surface area contributed by atoms with Crippen molar-refractivity contribution in [2.75, 3.05) is 46.9 Å². The quantitative estimate of drug-likeness (QED) is 0.802. The van der Waals surface area contributed by atoms with Crippen LogP contribution in [-0.2, 0) is 11.3 Å². The van der Waals surface area contributed by atoms with Crippen molar-refractivity contribution in [2.24, 2.45) is 0 Å². The Bertz CT molecular complexity index is 464. The first-order valence-electron chi connectivity index (χ1n) is 7.25. The molecule has 0 unspecified atom stereocenters. The molecule has 1 aliphatic rings. The SMILES string of the molecule is CC[C@H](c1n[nH]c(=S)n1CCN1CCOCC1)N(C)C. The predicted molar refractivity (Wildman–Crippen MR) is 81.4 cm³/mol. The number of hydrogen-bond acceptors (Lipinski definition) is 5. The molecule has 7 heteroatoms. The second kappa shape index (κ2) is 7.31. The third kappa shape index (κ3) is 3.66. The summed E-state index contributed by atoms with van der Waals surface area (Å²) in [6.45, 7) is 7.73. The minimum Gasteiger partial charge on any atom is -0.379 e. The Morgan fingerprint density at radius 1 is 1.35 bits per heavy atom. The van der Waals surface area contributed by atoms with Crippen LogP contribution in [-0.4, -0.2) is 71.5 Å². The summed E-state index contributed by atoms with van der Waals surface area (Å²) in [6.07, 6.45) is 1.02. The van der Waals surface area contributed by atoms with Gasteiger partial charge in [-0.1, -0.05) is 6.92 Å². The van der Waals surface area contributed by atoms with Crippen molar-refractivity contribution in [3.63, 3.8) is 0 Å². The Morgan fingerprint density at radius 3 is 2.65 bits per heavy atom. The molecule has 2 rings (SSSR count). The lowest BCUT2D eigenvalue weighted by Gasteiger charge is -2.27. The standard InChI is InChI=1S/C13H25N5OS/c1-4-11(16(2)3)12-14-15-13(20)18(12)6-5-17-7-9-19-10-8-17/h11H,4-10H2,1-3H3,(H,15,20)/t11-/m1/s1. The number of aromatic amines is 1. The summed E-state index contributed by atoms with van der Waals surface area (Å²) in [6, 6.07) is 0.299. The van der Waals surface area contributed by atoms with Crippen molar-refractivity contribution in [1.82, 2.24) is 24.6 Å². The number of rotatable bonds is 6. The van der Waals surface area contributed by atoms with Crippen molar-refractivity contribution in [3.8, 4) is 0 Å². The molecular formula is C13H25N5OS. The second-order valence-corrected chi connectivity index (χ2v) is 5.77. The van der Waals surface area contributed by atoms with Gasteiger partial charge in [-0.2, -0.15) is 5.10 Å². The summed E-state index contributed by atoms with van der Waals surface area (Å²) in [5, 5.41) is 7.37. The van der Waals surface area contributed by atoms with Gasteiger partial charge in [-0.3, -0.25) is 14.9 Å². The number of nitrogens with zero attached hydrogens (tertiary/aromatic N) is 4. The maximum atomic E-state index is 5.38. The van der Waals surface area contributed by atoms with Crippen molar-refractivity contribution in [2.45, 2.75) is 25.9 Å². The lowest BCUT2D eigenvalue weighted by Crippen LogP contribution is -2.38. The summed E-state index contributed by atoms with van der Waals surface area (Å²) < 4.78 is 8.23. The maximum Gasteiger partial charge on any atom is 0.195 e. The molecule has 0 radical (unpaired) electrons. The van der Waals surface area contributed by atoms with E-state index >= 15 is 0 Å². The van der Waals surface area contributed by atoms with Gasteiger partial charge in [0.1, 0.15) is 5.82 Å². The van der Waals surface area contributed by atoms with Crippen molar-refractivity contribution >= 4 is 12.2 Å². The number of H-pyrrole nitrogens is 1. The van der Waals surface area contributed by atoms with Crippen molar-refractivity contribution in [3.05, 3.63) is 10.6 Å². The minimum absolute atomic E-state index is 0.299. The molecule has 0 amide bonds. The fourth-order valence-electron chi connectivity index (χ4n) is 2.65. The fourth-order valence-corrected chi connectivity index (χ4v) is 2.88. The summed E-state index contributed by atoms with van der Waals surface area (Å²) in [5.41, 5.74) is 0. The van der Waals surface area contributed by atoms with Gasteiger partial charge in [-0.25, -0.2) is 0 Å². The van der Waals surface area contributed by atoms with Crippen LogP contribution in [0, 0.1) is 4.77 Å². The highest BCUT2D eigenvalue weighted by molar-refractivity contribution is 7.71. The topological polar surface area (TPSA) is 49.3 Å². The van der Waals surface area contributed by atoms with Gasteiger partial charge in [-0.05, 0) is 32.7 Å². The van der Waals surface area contributed by atoms with E-state index in [1.807, 2.05) is 0 Å². The van der Waals surface area contributed by atoms with Gasteiger partial charge in [0.05, 0.1) is 19.3 Å². The molecule has 114 valence electrons. The summed E-state index contributed by atoms with van der Waals surface area (Å²) in [7, 11) is 4.16. The number of nitrogens with one attached hydrogen (secondary N) is 1. The number of aromatic nitrogens is 3. The summed E-state index contributed by atoms with van der Waals surface area (Å²) in [4.78, 5) is 4.61. The van der Waals surface area contributed by atoms with E-state index in [-0.39, 0.29) is 0 Å². The molecule has 0 aliphatic carbocycles. The highest BCUT2D eigenvalue weighted by Crippen LogP contribution is 2.19. The second-order valence-electron chi connectivity index (χ2n) is 5.38. The molecule has 1 atom stereocenters. The zero-order valence-electron chi connectivity index (χ0n) is 12.6. The highest BCUT2D eigenvalue weighted by Gasteiger charge is 2.19. The van der Waals surface area contributed by atoms with Gasteiger partial charge in [0.2, 0.25) is 0 Å². The molecule has 20 heavy (non-hydrogen) atoms. The summed E-state index contributed by atoms with van der Waals surface area (Å²) in [5.74, 6) is 1.04. The molecule has 0 spiro atoms. The Morgan fingerprint density at radius 2 is 2.05 bits per heavy atom. The molecule has 0 bridgehead atoms. The van der Waals surface area contributed by atoms with E-state index < -0.39 is 0 Å². The molecule has 1 fully saturated rings. The van der Waals surface area contributed by atoms with Crippen molar-refractivity contribution < 1.29 is 4.74 Å². The zero-order valence-corrected chi connectivity index (χ0v) is 13.4. The van der Waals surface area contributed by atoms with Crippen LogP contribution >= 0.6 is 12.2 Å². The zero-order chi connectivity index (χ0) is 14.5. The van der Waals surface area contributed by atoms with Crippen LogP contribution in [0.3, 0.4) is 0 Å².